The van der Waals surface area contributed by atoms with Crippen LogP contribution in [-0.4, -0.2) is 46.5 Å². The van der Waals surface area contributed by atoms with Crippen molar-refractivity contribution in [2.75, 3.05) is 19.4 Å². The van der Waals surface area contributed by atoms with E-state index in [1.165, 1.54) is 4.90 Å². The van der Waals surface area contributed by atoms with Crippen LogP contribution in [0, 0.1) is 0 Å². The summed E-state index contributed by atoms with van der Waals surface area (Å²) in [6.45, 7) is 0. The summed E-state index contributed by atoms with van der Waals surface area (Å²) in [6.07, 6.45) is -1.36. The van der Waals surface area contributed by atoms with Crippen molar-refractivity contribution in [1.29, 1.82) is 0 Å². The molecule has 0 aromatic heterocycles. The molecule has 0 saturated carbocycles. The molecule has 0 aliphatic heterocycles. The van der Waals surface area contributed by atoms with Gasteiger partial charge in [-0.25, -0.2) is 0 Å². The van der Waals surface area contributed by atoms with Crippen molar-refractivity contribution in [2.24, 2.45) is 0 Å². The van der Waals surface area contributed by atoms with Crippen molar-refractivity contribution in [2.45, 2.75) is 18.6 Å². The predicted octanol–water partition coefficient (Wildman–Crippen LogP) is 1.57. The molecule has 1 amide bonds. The largest absolute Gasteiger partial charge is 0.390 e. The molecule has 1 aromatic rings. The molecule has 0 bridgehead atoms. The number of aliphatic hydroxyl groups excluding tert-OH is 2. The van der Waals surface area contributed by atoms with Gasteiger partial charge in [-0.05, 0) is 24.1 Å². The number of amides is 1. The van der Waals surface area contributed by atoms with Crippen LogP contribution in [0.25, 0.3) is 0 Å². The maximum atomic E-state index is 11.8. The summed E-state index contributed by atoms with van der Waals surface area (Å²) in [7, 11) is 3.34. The summed E-state index contributed by atoms with van der Waals surface area (Å²) < 4.78 is 0. The van der Waals surface area contributed by atoms with Gasteiger partial charge in [0, 0.05) is 25.0 Å². The number of aliphatic hydroxyl groups is 2. The Labute approximate surface area is 115 Å². The SMILES string of the molecule is CN(C)C(=O)c1cccc(C(O)C(O)CCBr)c1. The normalized spacial score (nSPS) is 14.1. The van der Waals surface area contributed by atoms with Crippen molar-refractivity contribution in [1.82, 2.24) is 4.90 Å². The Morgan fingerprint density at radius 3 is 2.61 bits per heavy atom. The summed E-state index contributed by atoms with van der Waals surface area (Å²) in [5.41, 5.74) is 1.05. The third-order valence-corrected chi connectivity index (χ3v) is 3.11. The highest BCUT2D eigenvalue weighted by atomic mass is 79.9. The van der Waals surface area contributed by atoms with Crippen molar-refractivity contribution in [3.8, 4) is 0 Å². The van der Waals surface area contributed by atoms with Gasteiger partial charge >= 0.3 is 0 Å². The molecule has 4 nitrogen and oxygen atoms in total. The molecule has 18 heavy (non-hydrogen) atoms. The molecule has 1 rings (SSSR count). The molecule has 0 saturated heterocycles. The van der Waals surface area contributed by atoms with Gasteiger partial charge in [-0.2, -0.15) is 0 Å². The van der Waals surface area contributed by atoms with E-state index in [9.17, 15) is 15.0 Å². The fraction of sp³-hybridized carbons (Fsp3) is 0.462. The number of benzene rings is 1. The summed E-state index contributed by atoms with van der Waals surface area (Å²) >= 11 is 3.22. The number of rotatable bonds is 5. The summed E-state index contributed by atoms with van der Waals surface area (Å²) in [5.74, 6) is -0.126. The number of halogens is 1. The number of carbonyl (C=O) groups is 1. The Bertz CT molecular complexity index is 409. The molecule has 0 heterocycles. The Balaban J connectivity index is 2.91. The Hall–Kier alpha value is -0.910. The molecule has 0 radical (unpaired) electrons. The molecular weight excluding hydrogens is 298 g/mol. The van der Waals surface area contributed by atoms with Crippen LogP contribution in [0.3, 0.4) is 0 Å². The molecule has 0 fully saturated rings. The number of carbonyl (C=O) groups excluding carboxylic acids is 1. The fourth-order valence-electron chi connectivity index (χ4n) is 1.61. The first-order valence-corrected chi connectivity index (χ1v) is 6.83. The van der Waals surface area contributed by atoms with E-state index in [1.54, 1.807) is 38.4 Å². The van der Waals surface area contributed by atoms with E-state index in [-0.39, 0.29) is 5.91 Å². The van der Waals surface area contributed by atoms with Crippen LogP contribution in [0.5, 0.6) is 0 Å². The molecule has 2 N–H and O–H groups in total. The van der Waals surface area contributed by atoms with E-state index in [0.717, 1.165) is 0 Å². The second-order valence-electron chi connectivity index (χ2n) is 4.31. The van der Waals surface area contributed by atoms with Crippen LogP contribution >= 0.6 is 15.9 Å². The topological polar surface area (TPSA) is 60.8 Å². The maximum absolute atomic E-state index is 11.8. The van der Waals surface area contributed by atoms with E-state index < -0.39 is 12.2 Å². The lowest BCUT2D eigenvalue weighted by molar-refractivity contribution is 0.0173. The van der Waals surface area contributed by atoms with Crippen molar-refractivity contribution < 1.29 is 15.0 Å². The molecule has 100 valence electrons. The van der Waals surface area contributed by atoms with Gasteiger partial charge in [0.15, 0.2) is 0 Å². The summed E-state index contributed by atoms with van der Waals surface area (Å²) in [5, 5.41) is 20.3. The van der Waals surface area contributed by atoms with Crippen LogP contribution in [0.1, 0.15) is 28.4 Å². The van der Waals surface area contributed by atoms with Crippen LogP contribution in [0.4, 0.5) is 0 Å². The zero-order chi connectivity index (χ0) is 13.7. The quantitative estimate of drug-likeness (QED) is 0.811. The van der Waals surface area contributed by atoms with Crippen LogP contribution in [0.15, 0.2) is 24.3 Å². The van der Waals surface area contributed by atoms with Gasteiger partial charge in [0.25, 0.3) is 5.91 Å². The van der Waals surface area contributed by atoms with Crippen molar-refractivity contribution in [3.05, 3.63) is 35.4 Å². The lowest BCUT2D eigenvalue weighted by Gasteiger charge is -2.18. The minimum Gasteiger partial charge on any atom is -0.390 e. The van der Waals surface area contributed by atoms with Crippen LogP contribution in [0.2, 0.25) is 0 Å². The van der Waals surface area contributed by atoms with Gasteiger partial charge in [-0.15, -0.1) is 0 Å². The molecule has 5 heteroatoms. The van der Waals surface area contributed by atoms with Gasteiger partial charge in [0.2, 0.25) is 0 Å². The molecule has 1 aromatic carbocycles. The lowest BCUT2D eigenvalue weighted by Crippen LogP contribution is -2.23. The molecule has 2 unspecified atom stereocenters. The average molecular weight is 316 g/mol. The Morgan fingerprint density at radius 1 is 1.39 bits per heavy atom. The standard InChI is InChI=1S/C13H18BrNO3/c1-15(2)13(18)10-5-3-4-9(8-10)12(17)11(16)6-7-14/h3-5,8,11-12,16-17H,6-7H2,1-2H3. The van der Waals surface area contributed by atoms with Gasteiger partial charge < -0.3 is 15.1 Å². The zero-order valence-corrected chi connectivity index (χ0v) is 12.1. The minimum absolute atomic E-state index is 0.126. The third-order valence-electron chi connectivity index (χ3n) is 2.65. The molecule has 2 atom stereocenters. The van der Waals surface area contributed by atoms with E-state index in [4.69, 9.17) is 0 Å². The van der Waals surface area contributed by atoms with Crippen LogP contribution < -0.4 is 0 Å². The molecule has 0 aliphatic rings. The van der Waals surface area contributed by atoms with Gasteiger partial charge in [-0.3, -0.25) is 4.79 Å². The van der Waals surface area contributed by atoms with E-state index in [1.807, 2.05) is 0 Å². The Kier molecular flexibility index (Phi) is 5.78. The third kappa shape index (κ3) is 3.80. The van der Waals surface area contributed by atoms with E-state index in [2.05, 4.69) is 15.9 Å². The predicted molar refractivity (Wildman–Crippen MR) is 73.8 cm³/mol. The van der Waals surface area contributed by atoms with Gasteiger partial charge in [0.1, 0.15) is 6.10 Å². The molecular formula is C13H18BrNO3. The highest BCUT2D eigenvalue weighted by molar-refractivity contribution is 9.09. The lowest BCUT2D eigenvalue weighted by atomic mass is 10.0. The average Bonchev–Trinajstić information content (AvgIpc) is 2.37. The Morgan fingerprint density at radius 2 is 2.06 bits per heavy atom. The zero-order valence-electron chi connectivity index (χ0n) is 10.5. The summed E-state index contributed by atoms with van der Waals surface area (Å²) in [6, 6.07) is 6.71. The van der Waals surface area contributed by atoms with Gasteiger partial charge in [-0.1, -0.05) is 28.1 Å². The number of hydrogen-bond donors (Lipinski definition) is 2. The summed E-state index contributed by atoms with van der Waals surface area (Å²) in [4.78, 5) is 13.3. The smallest absolute Gasteiger partial charge is 0.253 e. The molecule has 0 aliphatic carbocycles. The van der Waals surface area contributed by atoms with Crippen molar-refractivity contribution in [3.63, 3.8) is 0 Å². The first-order valence-electron chi connectivity index (χ1n) is 5.71. The fourth-order valence-corrected chi connectivity index (χ4v) is 2.07. The number of hydrogen-bond acceptors (Lipinski definition) is 3. The first kappa shape index (κ1) is 15.1. The molecule has 0 spiro atoms. The van der Waals surface area contributed by atoms with Crippen molar-refractivity contribution >= 4 is 21.8 Å². The monoisotopic (exact) mass is 315 g/mol. The highest BCUT2D eigenvalue weighted by Crippen LogP contribution is 2.21. The number of alkyl halides is 1. The first-order chi connectivity index (χ1) is 8.47. The van der Waals surface area contributed by atoms with Gasteiger partial charge in [0.05, 0.1) is 6.10 Å². The number of nitrogens with zero attached hydrogens (tertiary/aromatic N) is 1. The van der Waals surface area contributed by atoms with E-state index in [0.29, 0.717) is 22.9 Å². The second-order valence-corrected chi connectivity index (χ2v) is 5.11. The minimum atomic E-state index is -0.975. The highest BCUT2D eigenvalue weighted by Gasteiger charge is 2.19. The second kappa shape index (κ2) is 6.87. The maximum Gasteiger partial charge on any atom is 0.253 e. The van der Waals surface area contributed by atoms with E-state index >= 15 is 0 Å². The van der Waals surface area contributed by atoms with Crippen LogP contribution in [-0.2, 0) is 0 Å².